The summed E-state index contributed by atoms with van der Waals surface area (Å²) in [6.45, 7) is 4.10. The second-order valence-corrected chi connectivity index (χ2v) is 3.80. The molecule has 1 aromatic carbocycles. The minimum atomic E-state index is -0.292. The van der Waals surface area contributed by atoms with Crippen LogP contribution in [0.4, 0.5) is 5.69 Å². The predicted octanol–water partition coefficient (Wildman–Crippen LogP) is 2.39. The van der Waals surface area contributed by atoms with Gasteiger partial charge < -0.3 is 10.1 Å². The molecule has 4 nitrogen and oxygen atoms in total. The third-order valence-electron chi connectivity index (χ3n) is 2.02. The molecule has 1 rings (SSSR count). The fourth-order valence-electron chi connectivity index (χ4n) is 1.29. The number of Topliss-reactive ketones (excluding diaryl/α,β-unsaturated/α-hetero) is 1. The lowest BCUT2D eigenvalue weighted by Crippen LogP contribution is -2.14. The number of carbonyl (C=O) groups excluding carboxylic acids is 2. The van der Waals surface area contributed by atoms with E-state index in [0.29, 0.717) is 12.3 Å². The highest BCUT2D eigenvalue weighted by molar-refractivity contribution is 6.03. The summed E-state index contributed by atoms with van der Waals surface area (Å²) in [5.41, 5.74) is 0.667. The summed E-state index contributed by atoms with van der Waals surface area (Å²) in [5, 5.41) is 2.64. The van der Waals surface area contributed by atoms with Gasteiger partial charge in [0.25, 0.3) is 0 Å². The molecule has 92 valence electrons. The van der Waals surface area contributed by atoms with Crippen LogP contribution in [0.3, 0.4) is 0 Å². The molecule has 0 unspecified atom stereocenters. The van der Waals surface area contributed by atoms with E-state index in [1.165, 1.54) is 6.92 Å². The zero-order valence-corrected chi connectivity index (χ0v) is 10.2. The molecule has 17 heavy (non-hydrogen) atoms. The second-order valence-electron chi connectivity index (χ2n) is 3.80. The molecule has 0 fully saturated rings. The number of anilines is 1. The molecule has 0 heterocycles. The van der Waals surface area contributed by atoms with Gasteiger partial charge >= 0.3 is 0 Å². The van der Waals surface area contributed by atoms with Crippen molar-refractivity contribution in [1.29, 1.82) is 0 Å². The highest BCUT2D eigenvalue weighted by Crippen LogP contribution is 2.15. The summed E-state index contributed by atoms with van der Waals surface area (Å²) >= 11 is 0. The minimum Gasteiger partial charge on any atom is -0.494 e. The van der Waals surface area contributed by atoms with Crippen molar-refractivity contribution in [2.75, 3.05) is 11.9 Å². The molecule has 0 atom stereocenters. The minimum absolute atomic E-state index is 0.0892. The largest absolute Gasteiger partial charge is 0.494 e. The first-order valence-corrected chi connectivity index (χ1v) is 5.64. The monoisotopic (exact) mass is 235 g/mol. The predicted molar refractivity (Wildman–Crippen MR) is 66.2 cm³/mol. The molecule has 4 heteroatoms. The molecule has 0 radical (unpaired) electrons. The van der Waals surface area contributed by atoms with E-state index < -0.39 is 0 Å². The molecule has 0 aliphatic heterocycles. The van der Waals surface area contributed by atoms with Crippen molar-refractivity contribution in [3.8, 4) is 5.75 Å². The summed E-state index contributed by atoms with van der Waals surface area (Å²) < 4.78 is 5.41. The molecule has 0 spiro atoms. The zero-order valence-electron chi connectivity index (χ0n) is 10.2. The number of carbonyl (C=O) groups is 2. The van der Waals surface area contributed by atoms with Gasteiger partial charge in [-0.2, -0.15) is 0 Å². The first-order valence-electron chi connectivity index (χ1n) is 5.64. The van der Waals surface area contributed by atoms with Gasteiger partial charge in [-0.1, -0.05) is 6.92 Å². The van der Waals surface area contributed by atoms with Gasteiger partial charge in [0.1, 0.15) is 11.5 Å². The van der Waals surface area contributed by atoms with E-state index in [1.807, 2.05) is 6.92 Å². The first-order chi connectivity index (χ1) is 8.11. The third-order valence-corrected chi connectivity index (χ3v) is 2.02. The Bertz CT molecular complexity index is 384. The van der Waals surface area contributed by atoms with Crippen molar-refractivity contribution in [1.82, 2.24) is 0 Å². The average Bonchev–Trinajstić information content (AvgIpc) is 2.27. The maximum Gasteiger partial charge on any atom is 0.231 e. The van der Waals surface area contributed by atoms with Crippen LogP contribution in [-0.4, -0.2) is 18.3 Å². The Morgan fingerprint density at radius 1 is 1.24 bits per heavy atom. The van der Waals surface area contributed by atoms with Gasteiger partial charge in [-0.15, -0.1) is 0 Å². The number of rotatable bonds is 6. The van der Waals surface area contributed by atoms with Crippen LogP contribution in [-0.2, 0) is 9.59 Å². The maximum absolute atomic E-state index is 11.3. The number of nitrogens with one attached hydrogen (secondary N) is 1. The molecule has 1 amide bonds. The molecule has 1 aromatic rings. The Kier molecular flexibility index (Phi) is 5.20. The standard InChI is InChI=1S/C13H17NO3/c1-3-8-17-12-6-4-11(5-7-12)14-13(16)9-10(2)15/h4-7H,3,8-9H2,1-2H3,(H,14,16). The van der Waals surface area contributed by atoms with Gasteiger partial charge in [-0.3, -0.25) is 9.59 Å². The molecule has 0 saturated heterocycles. The molecule has 1 N–H and O–H groups in total. The summed E-state index contributed by atoms with van der Waals surface area (Å²) in [6.07, 6.45) is 0.866. The first kappa shape index (κ1) is 13.2. The fraction of sp³-hybridized carbons (Fsp3) is 0.385. The van der Waals surface area contributed by atoms with E-state index >= 15 is 0 Å². The zero-order chi connectivity index (χ0) is 12.7. The van der Waals surface area contributed by atoms with Gasteiger partial charge in [-0.25, -0.2) is 0 Å². The highest BCUT2D eigenvalue weighted by Gasteiger charge is 2.05. The molecule has 0 aromatic heterocycles. The van der Waals surface area contributed by atoms with Crippen LogP contribution in [0.5, 0.6) is 5.75 Å². The van der Waals surface area contributed by atoms with Crippen LogP contribution < -0.4 is 10.1 Å². The summed E-state index contributed by atoms with van der Waals surface area (Å²) in [7, 11) is 0. The van der Waals surface area contributed by atoms with Crippen molar-refractivity contribution >= 4 is 17.4 Å². The number of amides is 1. The number of benzene rings is 1. The Balaban J connectivity index is 2.50. The summed E-state index contributed by atoms with van der Waals surface area (Å²) in [4.78, 5) is 22.1. The summed E-state index contributed by atoms with van der Waals surface area (Å²) in [5.74, 6) is 0.335. The van der Waals surface area contributed by atoms with E-state index in [9.17, 15) is 9.59 Å². The number of ketones is 1. The van der Waals surface area contributed by atoms with Crippen LogP contribution in [0.25, 0.3) is 0 Å². The normalized spacial score (nSPS) is 9.76. The smallest absolute Gasteiger partial charge is 0.231 e. The number of hydrogen-bond donors (Lipinski definition) is 1. The Morgan fingerprint density at radius 3 is 2.41 bits per heavy atom. The van der Waals surface area contributed by atoms with E-state index in [0.717, 1.165) is 12.2 Å². The molecular formula is C13H17NO3. The molecular weight excluding hydrogens is 218 g/mol. The van der Waals surface area contributed by atoms with Crippen molar-refractivity contribution in [2.24, 2.45) is 0 Å². The van der Waals surface area contributed by atoms with Crippen LogP contribution in [0.15, 0.2) is 24.3 Å². The summed E-state index contributed by atoms with van der Waals surface area (Å²) in [6, 6.07) is 7.09. The average molecular weight is 235 g/mol. The van der Waals surface area contributed by atoms with Crippen molar-refractivity contribution in [2.45, 2.75) is 26.7 Å². The highest BCUT2D eigenvalue weighted by atomic mass is 16.5. The van der Waals surface area contributed by atoms with Gasteiger partial charge in [0, 0.05) is 5.69 Å². The van der Waals surface area contributed by atoms with Crippen molar-refractivity contribution in [3.05, 3.63) is 24.3 Å². The van der Waals surface area contributed by atoms with Crippen molar-refractivity contribution < 1.29 is 14.3 Å². The van der Waals surface area contributed by atoms with E-state index in [-0.39, 0.29) is 18.1 Å². The van der Waals surface area contributed by atoms with Gasteiger partial charge in [-0.05, 0) is 37.6 Å². The SMILES string of the molecule is CCCOc1ccc(NC(=O)CC(C)=O)cc1. The lowest BCUT2D eigenvalue weighted by atomic mass is 10.2. The molecule has 0 aliphatic rings. The van der Waals surface area contributed by atoms with Gasteiger partial charge in [0.15, 0.2) is 0 Å². The van der Waals surface area contributed by atoms with Gasteiger partial charge in [0.2, 0.25) is 5.91 Å². The van der Waals surface area contributed by atoms with Crippen LogP contribution in [0, 0.1) is 0 Å². The van der Waals surface area contributed by atoms with E-state index in [2.05, 4.69) is 5.32 Å². The van der Waals surface area contributed by atoms with Crippen LogP contribution >= 0.6 is 0 Å². The number of ether oxygens (including phenoxy) is 1. The van der Waals surface area contributed by atoms with Crippen LogP contribution in [0.1, 0.15) is 26.7 Å². The molecule has 0 aliphatic carbocycles. The lowest BCUT2D eigenvalue weighted by Gasteiger charge is -2.06. The molecule has 0 saturated carbocycles. The Morgan fingerprint density at radius 2 is 1.88 bits per heavy atom. The fourth-order valence-corrected chi connectivity index (χ4v) is 1.29. The third kappa shape index (κ3) is 5.15. The maximum atomic E-state index is 11.3. The van der Waals surface area contributed by atoms with Gasteiger partial charge in [0.05, 0.1) is 13.0 Å². The topological polar surface area (TPSA) is 55.4 Å². The van der Waals surface area contributed by atoms with Crippen LogP contribution in [0.2, 0.25) is 0 Å². The Labute approximate surface area is 101 Å². The number of hydrogen-bond acceptors (Lipinski definition) is 3. The lowest BCUT2D eigenvalue weighted by molar-refractivity contribution is -0.124. The van der Waals surface area contributed by atoms with E-state index in [4.69, 9.17) is 4.74 Å². The molecule has 0 bridgehead atoms. The second kappa shape index (κ2) is 6.68. The van der Waals surface area contributed by atoms with Crippen molar-refractivity contribution in [3.63, 3.8) is 0 Å². The van der Waals surface area contributed by atoms with E-state index in [1.54, 1.807) is 24.3 Å². The Hall–Kier alpha value is -1.84. The quantitative estimate of drug-likeness (QED) is 0.770.